The van der Waals surface area contributed by atoms with Crippen molar-refractivity contribution in [3.8, 4) is 0 Å². The summed E-state index contributed by atoms with van der Waals surface area (Å²) < 4.78 is 0. The zero-order chi connectivity index (χ0) is 30.0. The minimum atomic E-state index is -0.756. The van der Waals surface area contributed by atoms with Gasteiger partial charge in [0, 0.05) is 29.8 Å². The van der Waals surface area contributed by atoms with Crippen LogP contribution in [0.4, 0.5) is 11.4 Å². The van der Waals surface area contributed by atoms with Crippen molar-refractivity contribution in [2.24, 2.45) is 0 Å². The second-order valence-corrected chi connectivity index (χ2v) is 16.1. The van der Waals surface area contributed by atoms with Crippen molar-refractivity contribution in [3.05, 3.63) is 89.5 Å². The number of hydrogen-bond donors (Lipinski definition) is 1. The Morgan fingerprint density at radius 3 is 2.11 bits per heavy atom. The van der Waals surface area contributed by atoms with Crippen LogP contribution in [0.2, 0.25) is 0 Å². The van der Waals surface area contributed by atoms with Crippen LogP contribution in [0.5, 0.6) is 0 Å². The highest BCUT2D eigenvalue weighted by atomic mass is 31.1. The van der Waals surface area contributed by atoms with Crippen LogP contribution in [-0.4, -0.2) is 34.3 Å². The molecule has 44 heavy (non-hydrogen) atoms. The van der Waals surface area contributed by atoms with E-state index >= 15 is 0 Å². The van der Waals surface area contributed by atoms with Crippen LogP contribution in [0.25, 0.3) is 0 Å². The molecule has 0 bridgehead atoms. The molecular formula is C38H45N2O3P. The number of hydrogen-bond acceptors (Lipinski definition) is 3. The highest BCUT2D eigenvalue weighted by Gasteiger charge is 2.52. The summed E-state index contributed by atoms with van der Waals surface area (Å²) in [5, 5.41) is 10.6. The van der Waals surface area contributed by atoms with Gasteiger partial charge in [-0.25, -0.2) is 0 Å². The maximum Gasteiger partial charge on any atom is 0.303 e. The van der Waals surface area contributed by atoms with Gasteiger partial charge in [0.2, 0.25) is 0 Å². The number of fused-ring (bicyclic) bond motifs is 3. The maximum atomic E-state index is 14.5. The highest BCUT2D eigenvalue weighted by Crippen LogP contribution is 2.57. The van der Waals surface area contributed by atoms with Gasteiger partial charge in [-0.3, -0.25) is 14.5 Å². The van der Waals surface area contributed by atoms with Crippen LogP contribution in [0.1, 0.15) is 99.9 Å². The van der Waals surface area contributed by atoms with Crippen LogP contribution < -0.4 is 15.1 Å². The van der Waals surface area contributed by atoms with Gasteiger partial charge in [-0.05, 0) is 84.5 Å². The summed E-state index contributed by atoms with van der Waals surface area (Å²) in [4.78, 5) is 30.0. The smallest absolute Gasteiger partial charge is 0.303 e. The molecule has 0 unspecified atom stereocenters. The average molecular weight is 609 g/mol. The number of anilines is 2. The summed E-state index contributed by atoms with van der Waals surface area (Å²) in [6.07, 6.45) is 15.6. The molecule has 1 amide bonds. The van der Waals surface area contributed by atoms with Crippen molar-refractivity contribution in [2.75, 3.05) is 9.80 Å². The lowest BCUT2D eigenvalue weighted by Crippen LogP contribution is -2.37. The molecule has 0 radical (unpaired) electrons. The van der Waals surface area contributed by atoms with Crippen molar-refractivity contribution in [1.29, 1.82) is 0 Å². The number of para-hydroxylation sites is 1. The van der Waals surface area contributed by atoms with Crippen LogP contribution in [-0.2, 0) is 22.4 Å². The van der Waals surface area contributed by atoms with Crippen LogP contribution in [0.3, 0.4) is 0 Å². The van der Waals surface area contributed by atoms with Crippen molar-refractivity contribution in [2.45, 2.75) is 113 Å². The minimum absolute atomic E-state index is 0.173. The van der Waals surface area contributed by atoms with Crippen molar-refractivity contribution in [1.82, 2.24) is 0 Å². The van der Waals surface area contributed by atoms with Crippen LogP contribution in [0.15, 0.2) is 72.8 Å². The number of aryl methyl sites for hydroxylation is 1. The Bertz CT molecular complexity index is 1460. The number of carboxylic acid groups (broad SMARTS) is 1. The zero-order valence-corrected chi connectivity index (χ0v) is 26.6. The molecule has 1 saturated heterocycles. The minimum Gasteiger partial charge on any atom is -0.481 e. The first-order valence-corrected chi connectivity index (χ1v) is 18.5. The molecule has 0 aromatic heterocycles. The van der Waals surface area contributed by atoms with Crippen LogP contribution >= 0.6 is 7.92 Å². The van der Waals surface area contributed by atoms with Gasteiger partial charge in [0.25, 0.3) is 5.91 Å². The molecular weight excluding hydrogens is 563 g/mol. The van der Waals surface area contributed by atoms with E-state index in [1.165, 1.54) is 81.0 Å². The number of aliphatic carboxylic acids is 1. The summed E-state index contributed by atoms with van der Waals surface area (Å²) >= 11 is 0. The molecule has 2 aliphatic heterocycles. The van der Waals surface area contributed by atoms with E-state index in [4.69, 9.17) is 5.11 Å². The van der Waals surface area contributed by atoms with E-state index in [-0.39, 0.29) is 32.5 Å². The third-order valence-electron chi connectivity index (χ3n) is 10.5. The van der Waals surface area contributed by atoms with Crippen LogP contribution in [0, 0.1) is 0 Å². The first-order valence-electron chi connectivity index (χ1n) is 17.0. The lowest BCUT2D eigenvalue weighted by Gasteiger charge is -2.41. The Morgan fingerprint density at radius 2 is 1.43 bits per heavy atom. The first kappa shape index (κ1) is 29.5. The summed E-state index contributed by atoms with van der Waals surface area (Å²) in [6, 6.07) is 26.0. The van der Waals surface area contributed by atoms with Gasteiger partial charge in [-0.15, -0.1) is 0 Å². The molecule has 5 nitrogen and oxygen atoms in total. The molecule has 3 aromatic carbocycles. The SMILES string of the molecule is O=C(O)CCCc1ccc(N2C(=O)[C@@H]3Cc4ccccc4N3[C@H]2c2ccccc2P(C2CCCCC2)C2CCCCC2)cc1. The number of nitrogens with zero attached hydrogens (tertiary/aromatic N) is 2. The Kier molecular flexibility index (Phi) is 8.76. The molecule has 1 N–H and O–H groups in total. The molecule has 2 atom stereocenters. The molecule has 7 rings (SSSR count). The van der Waals surface area contributed by atoms with E-state index in [1.807, 2.05) is 0 Å². The third kappa shape index (κ3) is 5.69. The summed E-state index contributed by atoms with van der Waals surface area (Å²) in [5.41, 5.74) is 7.39. The van der Waals surface area contributed by atoms with E-state index in [0.29, 0.717) is 6.42 Å². The average Bonchev–Trinajstić information content (AvgIpc) is 3.57. The standard InChI is InChI=1S/C38H45N2O3P/c41-36(42)21-11-12-27-22-24-29(25-23-27)39-37(40-33-19-9-7-13-28(33)26-34(40)38(39)43)32-18-8-10-20-35(32)44(30-14-3-1-4-15-30)31-16-5-2-6-17-31/h7-10,13,18-20,22-25,30-31,34,37H,1-6,11-12,14-17,21,26H2,(H,41,42)/t34-,37-/m0/s1. The van der Waals surface area contributed by atoms with Gasteiger partial charge in [0.15, 0.2) is 0 Å². The fourth-order valence-corrected chi connectivity index (χ4v) is 12.5. The monoisotopic (exact) mass is 608 g/mol. The Balaban J connectivity index is 1.31. The largest absolute Gasteiger partial charge is 0.481 e. The topological polar surface area (TPSA) is 60.9 Å². The predicted octanol–water partition coefficient (Wildman–Crippen LogP) is 8.34. The van der Waals surface area contributed by atoms with Gasteiger partial charge >= 0.3 is 5.97 Å². The van der Waals surface area contributed by atoms with Gasteiger partial charge in [-0.2, -0.15) is 0 Å². The van der Waals surface area contributed by atoms with E-state index < -0.39 is 5.97 Å². The third-order valence-corrected chi connectivity index (χ3v) is 14.1. The molecule has 2 saturated carbocycles. The van der Waals surface area contributed by atoms with Crippen molar-refractivity contribution >= 4 is 36.5 Å². The number of amides is 1. The van der Waals surface area contributed by atoms with Crippen molar-refractivity contribution in [3.63, 3.8) is 0 Å². The number of rotatable bonds is 9. The molecule has 6 heteroatoms. The zero-order valence-electron chi connectivity index (χ0n) is 25.7. The molecule has 3 fully saturated rings. The van der Waals surface area contributed by atoms with Gasteiger partial charge in [-0.1, -0.05) is 101 Å². The fourth-order valence-electron chi connectivity index (χ4n) is 8.50. The van der Waals surface area contributed by atoms with Gasteiger partial charge in [0.05, 0.1) is 0 Å². The maximum absolute atomic E-state index is 14.5. The second-order valence-electron chi connectivity index (χ2n) is 13.3. The summed E-state index contributed by atoms with van der Waals surface area (Å²) in [7, 11) is -0.347. The number of carbonyl (C=O) groups excluding carboxylic acids is 1. The molecule has 2 aliphatic carbocycles. The molecule has 4 aliphatic rings. The van der Waals surface area contributed by atoms with E-state index in [0.717, 1.165) is 35.4 Å². The molecule has 230 valence electrons. The quantitative estimate of drug-likeness (QED) is 0.248. The fraction of sp³-hybridized carbons (Fsp3) is 0.474. The van der Waals surface area contributed by atoms with Gasteiger partial charge < -0.3 is 10.0 Å². The Morgan fingerprint density at radius 1 is 0.795 bits per heavy atom. The number of carboxylic acids is 1. The molecule has 2 heterocycles. The van der Waals surface area contributed by atoms with E-state index in [1.54, 1.807) is 5.30 Å². The van der Waals surface area contributed by atoms with Crippen molar-refractivity contribution < 1.29 is 14.7 Å². The number of carbonyl (C=O) groups is 2. The Labute approximate surface area is 263 Å². The summed E-state index contributed by atoms with van der Waals surface area (Å²) in [6.45, 7) is 0. The summed E-state index contributed by atoms with van der Waals surface area (Å²) in [5.74, 6) is -0.577. The molecule has 3 aromatic rings. The van der Waals surface area contributed by atoms with E-state index in [9.17, 15) is 9.59 Å². The first-order chi connectivity index (χ1) is 21.6. The number of benzene rings is 3. The molecule has 0 spiro atoms. The lowest BCUT2D eigenvalue weighted by atomic mass is 9.99. The normalized spacial score (nSPS) is 22.4. The lowest BCUT2D eigenvalue weighted by molar-refractivity contribution is -0.137. The Hall–Kier alpha value is -3.17. The second kappa shape index (κ2) is 13.1. The highest BCUT2D eigenvalue weighted by molar-refractivity contribution is 7.67. The van der Waals surface area contributed by atoms with Gasteiger partial charge in [0.1, 0.15) is 12.2 Å². The predicted molar refractivity (Wildman–Crippen MR) is 180 cm³/mol. The van der Waals surface area contributed by atoms with E-state index in [2.05, 4.69) is 82.6 Å².